The summed E-state index contributed by atoms with van der Waals surface area (Å²) in [6, 6.07) is 0. The maximum atomic E-state index is 12.0. The molecule has 0 N–H and O–H groups in total. The molecular formula is C17H24O6. The molecule has 1 heterocycles. The molecule has 3 rings (SSSR count). The average Bonchev–Trinajstić information content (AvgIpc) is 3.17. The smallest absolute Gasteiger partial charge is 0.344 e. The second-order valence-corrected chi connectivity index (χ2v) is 7.56. The third-order valence-corrected chi connectivity index (χ3v) is 5.84. The van der Waals surface area contributed by atoms with E-state index < -0.39 is 11.4 Å². The minimum absolute atomic E-state index is 0.00173. The monoisotopic (exact) mass is 324 g/mol. The molecule has 1 aliphatic heterocycles. The highest BCUT2D eigenvalue weighted by atomic mass is 16.6. The van der Waals surface area contributed by atoms with Crippen LogP contribution in [0.5, 0.6) is 0 Å². The molecule has 0 amide bonds. The molecule has 2 aliphatic carbocycles. The predicted molar refractivity (Wildman–Crippen MR) is 79.1 cm³/mol. The maximum Gasteiger partial charge on any atom is 0.344 e. The molecule has 0 aromatic heterocycles. The summed E-state index contributed by atoms with van der Waals surface area (Å²) in [6.45, 7) is 5.57. The van der Waals surface area contributed by atoms with Gasteiger partial charge in [-0.2, -0.15) is 0 Å². The van der Waals surface area contributed by atoms with Gasteiger partial charge in [-0.3, -0.25) is 9.59 Å². The Labute approximate surface area is 135 Å². The van der Waals surface area contributed by atoms with Gasteiger partial charge in [-0.05, 0) is 39.0 Å². The number of hydrogen-bond acceptors (Lipinski definition) is 6. The lowest BCUT2D eigenvalue weighted by atomic mass is 9.80. The van der Waals surface area contributed by atoms with Crippen LogP contribution in [0.25, 0.3) is 0 Å². The first-order chi connectivity index (χ1) is 10.8. The van der Waals surface area contributed by atoms with Crippen LogP contribution >= 0.6 is 0 Å². The van der Waals surface area contributed by atoms with Crippen LogP contribution in [0.3, 0.4) is 0 Å². The maximum absolute atomic E-state index is 12.0. The first-order valence-electron chi connectivity index (χ1n) is 8.37. The highest BCUT2D eigenvalue weighted by Gasteiger charge is 2.60. The van der Waals surface area contributed by atoms with Crippen molar-refractivity contribution in [1.29, 1.82) is 0 Å². The SMILES string of the molecule is CCC(C)(C)C(=O)OCC(=O)OC1CC2CC1C1COC(=O)C21. The Morgan fingerprint density at radius 1 is 1.26 bits per heavy atom. The van der Waals surface area contributed by atoms with Crippen molar-refractivity contribution < 1.29 is 28.6 Å². The molecule has 3 fully saturated rings. The number of carbonyl (C=O) groups excluding carboxylic acids is 3. The topological polar surface area (TPSA) is 78.9 Å². The second-order valence-electron chi connectivity index (χ2n) is 7.56. The molecule has 3 aliphatic rings. The number of rotatable bonds is 5. The molecule has 5 unspecified atom stereocenters. The van der Waals surface area contributed by atoms with Gasteiger partial charge >= 0.3 is 17.9 Å². The molecule has 2 saturated carbocycles. The van der Waals surface area contributed by atoms with Crippen molar-refractivity contribution in [2.75, 3.05) is 13.2 Å². The van der Waals surface area contributed by atoms with Crippen molar-refractivity contribution in [3.05, 3.63) is 0 Å². The van der Waals surface area contributed by atoms with Gasteiger partial charge in [0, 0.05) is 11.8 Å². The molecule has 0 aromatic rings. The highest BCUT2D eigenvalue weighted by molar-refractivity contribution is 5.80. The summed E-state index contributed by atoms with van der Waals surface area (Å²) in [7, 11) is 0. The van der Waals surface area contributed by atoms with Gasteiger partial charge in [0.05, 0.1) is 17.9 Å². The van der Waals surface area contributed by atoms with Crippen LogP contribution < -0.4 is 0 Å². The van der Waals surface area contributed by atoms with E-state index >= 15 is 0 Å². The van der Waals surface area contributed by atoms with E-state index in [4.69, 9.17) is 14.2 Å². The molecule has 5 atom stereocenters. The first kappa shape index (κ1) is 16.3. The fraction of sp³-hybridized carbons (Fsp3) is 0.824. The Morgan fingerprint density at radius 3 is 2.70 bits per heavy atom. The summed E-state index contributed by atoms with van der Waals surface area (Å²) < 4.78 is 15.7. The van der Waals surface area contributed by atoms with Crippen molar-refractivity contribution in [2.45, 2.75) is 46.1 Å². The van der Waals surface area contributed by atoms with Crippen LogP contribution in [0.15, 0.2) is 0 Å². The summed E-state index contributed by atoms with van der Waals surface area (Å²) >= 11 is 0. The van der Waals surface area contributed by atoms with Crippen molar-refractivity contribution in [2.24, 2.45) is 29.1 Å². The molecular weight excluding hydrogens is 300 g/mol. The van der Waals surface area contributed by atoms with Crippen molar-refractivity contribution in [3.8, 4) is 0 Å². The van der Waals surface area contributed by atoms with Crippen LogP contribution in [-0.2, 0) is 28.6 Å². The van der Waals surface area contributed by atoms with E-state index in [9.17, 15) is 14.4 Å². The van der Waals surface area contributed by atoms with Crippen LogP contribution in [-0.4, -0.2) is 37.2 Å². The molecule has 2 bridgehead atoms. The molecule has 0 aromatic carbocycles. The second kappa shape index (κ2) is 5.80. The number of esters is 3. The summed E-state index contributed by atoms with van der Waals surface area (Å²) in [5, 5.41) is 0. The van der Waals surface area contributed by atoms with Gasteiger partial charge < -0.3 is 14.2 Å². The molecule has 128 valence electrons. The van der Waals surface area contributed by atoms with Crippen LogP contribution in [0.1, 0.15) is 40.0 Å². The Balaban J connectivity index is 1.49. The first-order valence-corrected chi connectivity index (χ1v) is 8.37. The van der Waals surface area contributed by atoms with Gasteiger partial charge in [0.25, 0.3) is 0 Å². The molecule has 0 spiro atoms. The minimum atomic E-state index is -0.596. The van der Waals surface area contributed by atoms with Crippen LogP contribution in [0.2, 0.25) is 0 Å². The fourth-order valence-electron chi connectivity index (χ4n) is 4.10. The van der Waals surface area contributed by atoms with Gasteiger partial charge in [0.1, 0.15) is 6.10 Å². The van der Waals surface area contributed by atoms with Gasteiger partial charge in [0.2, 0.25) is 0 Å². The summed E-state index contributed by atoms with van der Waals surface area (Å²) in [5.41, 5.74) is -0.596. The highest BCUT2D eigenvalue weighted by Crippen LogP contribution is 2.56. The van der Waals surface area contributed by atoms with Crippen molar-refractivity contribution >= 4 is 17.9 Å². The van der Waals surface area contributed by atoms with Gasteiger partial charge in [-0.25, -0.2) is 4.79 Å². The minimum Gasteiger partial charge on any atom is -0.465 e. The number of fused-ring (bicyclic) bond motifs is 5. The predicted octanol–water partition coefficient (Wildman–Crippen LogP) is 1.71. The zero-order valence-electron chi connectivity index (χ0n) is 13.9. The van der Waals surface area contributed by atoms with E-state index in [1.807, 2.05) is 6.92 Å². The molecule has 1 saturated heterocycles. The number of ether oxygens (including phenoxy) is 3. The summed E-state index contributed by atoms with van der Waals surface area (Å²) in [4.78, 5) is 35.5. The zero-order valence-corrected chi connectivity index (χ0v) is 13.9. The average molecular weight is 324 g/mol. The van der Waals surface area contributed by atoms with Gasteiger partial charge in [-0.1, -0.05) is 6.92 Å². The van der Waals surface area contributed by atoms with Gasteiger partial charge in [0.15, 0.2) is 6.61 Å². The zero-order chi connectivity index (χ0) is 16.8. The quantitative estimate of drug-likeness (QED) is 0.566. The normalized spacial score (nSPS) is 34.9. The lowest BCUT2D eigenvalue weighted by Gasteiger charge is -2.28. The van der Waals surface area contributed by atoms with E-state index in [-0.39, 0.29) is 48.3 Å². The van der Waals surface area contributed by atoms with Crippen molar-refractivity contribution in [3.63, 3.8) is 0 Å². The third kappa shape index (κ3) is 2.83. The summed E-state index contributed by atoms with van der Waals surface area (Å²) in [6.07, 6.45) is 2.09. The Bertz CT molecular complexity index is 525. The Kier molecular flexibility index (Phi) is 4.10. The molecule has 0 radical (unpaired) electrons. The van der Waals surface area contributed by atoms with E-state index in [1.165, 1.54) is 0 Å². The lowest BCUT2D eigenvalue weighted by molar-refractivity contribution is -0.169. The molecule has 6 heteroatoms. The number of cyclic esters (lactones) is 1. The van der Waals surface area contributed by atoms with Crippen LogP contribution in [0, 0.1) is 29.1 Å². The van der Waals surface area contributed by atoms with Crippen molar-refractivity contribution in [1.82, 2.24) is 0 Å². The summed E-state index contributed by atoms with van der Waals surface area (Å²) in [5.74, 6) is -0.353. The Morgan fingerprint density at radius 2 is 2.00 bits per heavy atom. The van der Waals surface area contributed by atoms with E-state index in [0.29, 0.717) is 19.4 Å². The Hall–Kier alpha value is -1.59. The molecule has 6 nitrogen and oxygen atoms in total. The largest absolute Gasteiger partial charge is 0.465 e. The molecule has 23 heavy (non-hydrogen) atoms. The van der Waals surface area contributed by atoms with Gasteiger partial charge in [-0.15, -0.1) is 0 Å². The lowest BCUT2D eigenvalue weighted by Crippen LogP contribution is -2.36. The van der Waals surface area contributed by atoms with E-state index in [2.05, 4.69) is 0 Å². The van der Waals surface area contributed by atoms with Crippen LogP contribution in [0.4, 0.5) is 0 Å². The number of carbonyl (C=O) groups is 3. The van der Waals surface area contributed by atoms with E-state index in [1.54, 1.807) is 13.8 Å². The number of hydrogen-bond donors (Lipinski definition) is 0. The standard InChI is InChI=1S/C17H24O6/c1-4-17(2,3)16(20)22-8-13(18)23-12-6-9-5-10(12)11-7-21-15(19)14(9)11/h9-12,14H,4-8H2,1-3H3. The fourth-order valence-corrected chi connectivity index (χ4v) is 4.10. The van der Waals surface area contributed by atoms with E-state index in [0.717, 1.165) is 6.42 Å². The third-order valence-electron chi connectivity index (χ3n) is 5.84.